The van der Waals surface area contributed by atoms with Crippen molar-refractivity contribution in [1.29, 1.82) is 0 Å². The molecule has 2 aromatic carbocycles. The predicted molar refractivity (Wildman–Crippen MR) is 91.3 cm³/mol. The van der Waals surface area contributed by atoms with Crippen molar-refractivity contribution < 1.29 is 0 Å². The molecule has 0 fully saturated rings. The van der Waals surface area contributed by atoms with E-state index < -0.39 is 0 Å². The Balaban J connectivity index is 1.87. The summed E-state index contributed by atoms with van der Waals surface area (Å²) in [6.07, 6.45) is 5.45. The molecule has 22 heavy (non-hydrogen) atoms. The van der Waals surface area contributed by atoms with E-state index in [-0.39, 0.29) is 5.92 Å². The highest BCUT2D eigenvalue weighted by molar-refractivity contribution is 5.99. The van der Waals surface area contributed by atoms with Crippen LogP contribution >= 0.6 is 0 Å². The van der Waals surface area contributed by atoms with Crippen LogP contribution in [-0.4, -0.2) is 10.8 Å². The number of rotatable bonds is 1. The Morgan fingerprint density at radius 2 is 1.77 bits per heavy atom. The molecule has 0 amide bonds. The minimum Gasteiger partial charge on any atom is -0.339 e. The maximum Gasteiger partial charge on any atom is 0.0827 e. The Hall–Kier alpha value is -2.61. The highest BCUT2D eigenvalue weighted by Crippen LogP contribution is 2.43. The first kappa shape index (κ1) is 12.0. The molecule has 1 atom stereocenters. The summed E-state index contributed by atoms with van der Waals surface area (Å²) >= 11 is 0. The van der Waals surface area contributed by atoms with Crippen LogP contribution in [0.25, 0.3) is 16.6 Å². The van der Waals surface area contributed by atoms with Gasteiger partial charge in [-0.1, -0.05) is 54.6 Å². The van der Waals surface area contributed by atoms with E-state index in [9.17, 15) is 0 Å². The molecule has 2 nitrogen and oxygen atoms in total. The van der Waals surface area contributed by atoms with E-state index in [1.165, 1.54) is 27.7 Å². The lowest BCUT2D eigenvalue weighted by Gasteiger charge is -2.23. The van der Waals surface area contributed by atoms with E-state index >= 15 is 0 Å². The summed E-state index contributed by atoms with van der Waals surface area (Å²) in [5.41, 5.74) is 6.54. The Kier molecular flexibility index (Phi) is 2.42. The van der Waals surface area contributed by atoms with Gasteiger partial charge in [0.25, 0.3) is 0 Å². The molecule has 1 unspecified atom stereocenters. The molecule has 2 aliphatic heterocycles. The third kappa shape index (κ3) is 1.52. The monoisotopic (exact) mass is 284 g/mol. The Bertz CT molecular complexity index is 929. The average molecular weight is 284 g/mol. The van der Waals surface area contributed by atoms with Crippen LogP contribution in [0.15, 0.2) is 65.7 Å². The zero-order valence-corrected chi connectivity index (χ0v) is 12.2. The summed E-state index contributed by atoms with van der Waals surface area (Å²) in [5.74, 6) is 0.248. The molecule has 0 spiro atoms. The zero-order valence-electron chi connectivity index (χ0n) is 12.2. The summed E-state index contributed by atoms with van der Waals surface area (Å²) in [5, 5.41) is 1.37. The van der Waals surface area contributed by atoms with Crippen molar-refractivity contribution in [3.05, 3.63) is 77.5 Å². The van der Waals surface area contributed by atoms with E-state index in [1.54, 1.807) is 0 Å². The zero-order chi connectivity index (χ0) is 14.5. The van der Waals surface area contributed by atoms with E-state index in [0.717, 1.165) is 18.7 Å². The van der Waals surface area contributed by atoms with Gasteiger partial charge in [0.1, 0.15) is 0 Å². The summed E-state index contributed by atoms with van der Waals surface area (Å²) in [4.78, 5) is 4.77. The molecule has 3 heterocycles. The number of aromatic nitrogens is 1. The van der Waals surface area contributed by atoms with Crippen LogP contribution in [0.4, 0.5) is 0 Å². The predicted octanol–water partition coefficient (Wildman–Crippen LogP) is 4.60. The summed E-state index contributed by atoms with van der Waals surface area (Å²) in [7, 11) is 0. The number of hydrogen-bond donors (Lipinski definition) is 0. The second-order valence-corrected chi connectivity index (χ2v) is 5.98. The fourth-order valence-electron chi connectivity index (χ4n) is 3.84. The minimum atomic E-state index is 0.248. The van der Waals surface area contributed by atoms with Gasteiger partial charge in [0, 0.05) is 35.1 Å². The van der Waals surface area contributed by atoms with Crippen molar-refractivity contribution in [3.63, 3.8) is 0 Å². The Labute approximate surface area is 129 Å². The topological polar surface area (TPSA) is 17.3 Å². The van der Waals surface area contributed by atoms with Crippen molar-refractivity contribution in [3.8, 4) is 0 Å². The molecule has 3 aromatic rings. The maximum atomic E-state index is 4.77. The van der Waals surface area contributed by atoms with Crippen molar-refractivity contribution in [2.45, 2.75) is 18.9 Å². The van der Waals surface area contributed by atoms with E-state index in [4.69, 9.17) is 4.99 Å². The highest BCUT2D eigenvalue weighted by Gasteiger charge is 2.30. The van der Waals surface area contributed by atoms with Crippen LogP contribution in [0.5, 0.6) is 0 Å². The van der Waals surface area contributed by atoms with Crippen LogP contribution in [0.2, 0.25) is 0 Å². The molecule has 0 N–H and O–H groups in total. The van der Waals surface area contributed by atoms with Gasteiger partial charge in [0.2, 0.25) is 0 Å². The number of para-hydroxylation sites is 1. The van der Waals surface area contributed by atoms with Crippen molar-refractivity contribution >= 4 is 22.8 Å². The number of aliphatic imine (C=N–C) groups is 1. The second-order valence-electron chi connectivity index (χ2n) is 5.98. The first-order valence-corrected chi connectivity index (χ1v) is 7.84. The van der Waals surface area contributed by atoms with Gasteiger partial charge in [-0.3, -0.25) is 4.99 Å². The molecule has 106 valence electrons. The average Bonchev–Trinajstić information content (AvgIpc) is 2.93. The normalized spacial score (nSPS) is 19.1. The number of fused-ring (bicyclic) bond motifs is 3. The highest BCUT2D eigenvalue weighted by atomic mass is 15.0. The quantitative estimate of drug-likeness (QED) is 0.621. The van der Waals surface area contributed by atoms with Gasteiger partial charge >= 0.3 is 0 Å². The van der Waals surface area contributed by atoms with Gasteiger partial charge in [-0.05, 0) is 18.1 Å². The molecular formula is C20H16N2. The first-order valence-electron chi connectivity index (χ1n) is 7.84. The lowest BCUT2D eigenvalue weighted by atomic mass is 9.87. The molecule has 2 heteroatoms. The third-order valence-electron chi connectivity index (χ3n) is 4.78. The second kappa shape index (κ2) is 4.44. The molecule has 0 saturated carbocycles. The van der Waals surface area contributed by atoms with Gasteiger partial charge in [0.05, 0.1) is 11.4 Å². The largest absolute Gasteiger partial charge is 0.339 e. The number of allylic oxidation sites excluding steroid dienone is 1. The first-order chi connectivity index (χ1) is 10.9. The number of hydrogen-bond acceptors (Lipinski definition) is 1. The van der Waals surface area contributed by atoms with E-state index in [1.807, 2.05) is 0 Å². The Morgan fingerprint density at radius 3 is 2.68 bits per heavy atom. The standard InChI is InChI=1S/C20H16N2/c1-2-7-14(8-3-1)16-13-21-17-10-6-12-22-18-11-5-4-9-15(18)19(16)20(17)22/h1-5,7-11,13,16H,6,12H2. The smallest absolute Gasteiger partial charge is 0.0827 e. The van der Waals surface area contributed by atoms with Crippen LogP contribution < -0.4 is 0 Å². The van der Waals surface area contributed by atoms with Crippen LogP contribution in [0.1, 0.15) is 29.2 Å². The third-order valence-corrected chi connectivity index (χ3v) is 4.78. The molecule has 0 saturated heterocycles. The van der Waals surface area contributed by atoms with Crippen LogP contribution in [0.3, 0.4) is 0 Å². The molecular weight excluding hydrogens is 268 g/mol. The van der Waals surface area contributed by atoms with E-state index in [2.05, 4.69) is 71.5 Å². The molecule has 1 aromatic heterocycles. The number of benzene rings is 2. The molecule has 0 aliphatic carbocycles. The fraction of sp³-hybridized carbons (Fsp3) is 0.150. The van der Waals surface area contributed by atoms with Gasteiger partial charge in [-0.2, -0.15) is 0 Å². The van der Waals surface area contributed by atoms with Crippen molar-refractivity contribution in [2.24, 2.45) is 4.99 Å². The van der Waals surface area contributed by atoms with Crippen LogP contribution in [0, 0.1) is 0 Å². The van der Waals surface area contributed by atoms with Gasteiger partial charge in [0.15, 0.2) is 0 Å². The lowest BCUT2D eigenvalue weighted by Crippen LogP contribution is -2.14. The maximum absolute atomic E-state index is 4.77. The molecule has 0 radical (unpaired) electrons. The fourth-order valence-corrected chi connectivity index (χ4v) is 3.84. The SMILES string of the molecule is C1=NC2=CCCn3c2c(c2ccccc23)C1c1ccccc1. The minimum absolute atomic E-state index is 0.248. The molecule has 5 rings (SSSR count). The van der Waals surface area contributed by atoms with Gasteiger partial charge in [-0.25, -0.2) is 0 Å². The molecule has 0 bridgehead atoms. The summed E-state index contributed by atoms with van der Waals surface area (Å²) in [6.45, 7) is 1.05. The summed E-state index contributed by atoms with van der Waals surface area (Å²) < 4.78 is 2.45. The lowest BCUT2D eigenvalue weighted by molar-refractivity contribution is 0.705. The van der Waals surface area contributed by atoms with Crippen LogP contribution in [-0.2, 0) is 6.54 Å². The van der Waals surface area contributed by atoms with Gasteiger partial charge in [-0.15, -0.1) is 0 Å². The van der Waals surface area contributed by atoms with Crippen molar-refractivity contribution in [1.82, 2.24) is 4.57 Å². The Morgan fingerprint density at radius 1 is 0.955 bits per heavy atom. The van der Waals surface area contributed by atoms with Gasteiger partial charge < -0.3 is 4.57 Å². The number of aryl methyl sites for hydroxylation is 1. The van der Waals surface area contributed by atoms with E-state index in [0.29, 0.717) is 0 Å². The summed E-state index contributed by atoms with van der Waals surface area (Å²) in [6, 6.07) is 19.5. The van der Waals surface area contributed by atoms with Crippen molar-refractivity contribution in [2.75, 3.05) is 0 Å². The number of nitrogens with zero attached hydrogens (tertiary/aromatic N) is 2. The molecule has 2 aliphatic rings.